The summed E-state index contributed by atoms with van der Waals surface area (Å²) in [5.74, 6) is -0.516. The zero-order chi connectivity index (χ0) is 13.2. The van der Waals surface area contributed by atoms with E-state index < -0.39 is 5.41 Å². The Morgan fingerprint density at radius 1 is 1.44 bits per heavy atom. The first-order chi connectivity index (χ1) is 8.57. The summed E-state index contributed by atoms with van der Waals surface area (Å²) in [7, 11) is 0. The Kier molecular flexibility index (Phi) is 3.33. The van der Waals surface area contributed by atoms with E-state index in [0.29, 0.717) is 12.8 Å². The first-order valence-corrected chi connectivity index (χ1v) is 6.05. The minimum Gasteiger partial charge on any atom is -0.348 e. The van der Waals surface area contributed by atoms with Gasteiger partial charge in [0.1, 0.15) is 11.2 Å². The van der Waals surface area contributed by atoms with Crippen LogP contribution in [0.1, 0.15) is 37.8 Å². The normalized spacial score (nSPS) is 18.3. The highest BCUT2D eigenvalue weighted by Gasteiger charge is 2.44. The van der Waals surface area contributed by atoms with Gasteiger partial charge in [0, 0.05) is 0 Å². The monoisotopic (exact) mass is 246 g/mol. The Balaban J connectivity index is 2.03. The molecule has 0 heterocycles. The molecule has 0 radical (unpaired) electrons. The molecule has 1 aliphatic carbocycles. The van der Waals surface area contributed by atoms with E-state index >= 15 is 0 Å². The average Bonchev–Trinajstić information content (AvgIpc) is 2.29. The summed E-state index contributed by atoms with van der Waals surface area (Å²) in [5.41, 5.74) is -0.00829. The third-order valence-corrected chi connectivity index (χ3v) is 3.57. The number of hydrogen-bond acceptors (Lipinski definition) is 2. The molecule has 1 saturated carbocycles. The van der Waals surface area contributed by atoms with Crippen molar-refractivity contribution in [1.82, 2.24) is 5.32 Å². The van der Waals surface area contributed by atoms with Crippen molar-refractivity contribution in [3.63, 3.8) is 0 Å². The lowest BCUT2D eigenvalue weighted by molar-refractivity contribution is -0.132. The molecule has 0 aliphatic heterocycles. The molecule has 0 spiro atoms. The molecule has 0 aromatic heterocycles. The maximum Gasteiger partial charge on any atom is 0.240 e. The number of carbonyl (C=O) groups excluding carboxylic acids is 1. The fourth-order valence-electron chi connectivity index (χ4n) is 2.09. The summed E-state index contributed by atoms with van der Waals surface area (Å²) >= 11 is 0. The highest BCUT2D eigenvalue weighted by molar-refractivity contribution is 5.86. The fraction of sp³-hybridized carbons (Fsp3) is 0.429. The van der Waals surface area contributed by atoms with E-state index in [1.54, 1.807) is 12.1 Å². The predicted molar refractivity (Wildman–Crippen MR) is 64.9 cm³/mol. The van der Waals surface area contributed by atoms with Crippen LogP contribution in [0.5, 0.6) is 0 Å². The first kappa shape index (κ1) is 12.6. The van der Waals surface area contributed by atoms with Gasteiger partial charge in [-0.3, -0.25) is 4.79 Å². The lowest BCUT2D eigenvalue weighted by Crippen LogP contribution is -2.45. The molecule has 4 heteroatoms. The molecular weight excluding hydrogens is 231 g/mol. The highest BCUT2D eigenvalue weighted by Crippen LogP contribution is 2.40. The molecule has 1 atom stereocenters. The first-order valence-electron chi connectivity index (χ1n) is 6.05. The predicted octanol–water partition coefficient (Wildman–Crippen LogP) is 2.70. The number of nitrogens with one attached hydrogen (secondary N) is 1. The van der Waals surface area contributed by atoms with Gasteiger partial charge in [0.25, 0.3) is 0 Å². The van der Waals surface area contributed by atoms with Crippen LogP contribution in [-0.4, -0.2) is 5.91 Å². The fourth-order valence-corrected chi connectivity index (χ4v) is 2.09. The van der Waals surface area contributed by atoms with Gasteiger partial charge < -0.3 is 5.32 Å². The van der Waals surface area contributed by atoms with Crippen LogP contribution in [0.2, 0.25) is 0 Å². The van der Waals surface area contributed by atoms with E-state index in [4.69, 9.17) is 5.26 Å². The second kappa shape index (κ2) is 4.77. The van der Waals surface area contributed by atoms with Crippen molar-refractivity contribution < 1.29 is 9.18 Å². The zero-order valence-electron chi connectivity index (χ0n) is 10.2. The Hall–Kier alpha value is -1.89. The Morgan fingerprint density at radius 3 is 2.50 bits per heavy atom. The molecule has 1 unspecified atom stereocenters. The number of nitrogens with zero attached hydrogens (tertiary/aromatic N) is 1. The van der Waals surface area contributed by atoms with Gasteiger partial charge in [-0.2, -0.15) is 5.26 Å². The molecular formula is C14H15FN2O. The van der Waals surface area contributed by atoms with Crippen LogP contribution in [0.15, 0.2) is 24.3 Å². The molecule has 1 fully saturated rings. The van der Waals surface area contributed by atoms with Crippen molar-refractivity contribution in [3.8, 4) is 6.07 Å². The summed E-state index contributed by atoms with van der Waals surface area (Å²) in [6.45, 7) is 1.83. The van der Waals surface area contributed by atoms with Gasteiger partial charge in [-0.15, -0.1) is 0 Å². The highest BCUT2D eigenvalue weighted by atomic mass is 19.1. The van der Waals surface area contributed by atoms with Crippen LogP contribution in [0, 0.1) is 22.6 Å². The quantitative estimate of drug-likeness (QED) is 0.891. The standard InChI is InChI=1S/C14H15FN2O/c1-10(11-3-5-12(15)6-4-11)17-13(18)14(9-16)7-2-8-14/h3-6,10H,2,7-8H2,1H3,(H,17,18). The smallest absolute Gasteiger partial charge is 0.240 e. The van der Waals surface area contributed by atoms with Crippen LogP contribution in [-0.2, 0) is 4.79 Å². The molecule has 3 nitrogen and oxygen atoms in total. The molecule has 1 aromatic carbocycles. The Morgan fingerprint density at radius 2 is 2.06 bits per heavy atom. The van der Waals surface area contributed by atoms with Crippen LogP contribution in [0.4, 0.5) is 4.39 Å². The maximum atomic E-state index is 12.8. The third-order valence-electron chi connectivity index (χ3n) is 3.57. The van der Waals surface area contributed by atoms with Crippen LogP contribution in [0.25, 0.3) is 0 Å². The summed E-state index contributed by atoms with van der Waals surface area (Å²) in [4.78, 5) is 12.0. The number of carbonyl (C=O) groups is 1. The van der Waals surface area contributed by atoms with Gasteiger partial charge in [-0.1, -0.05) is 12.1 Å². The maximum absolute atomic E-state index is 12.8. The van der Waals surface area contributed by atoms with Gasteiger partial charge in [0.05, 0.1) is 12.1 Å². The number of halogens is 1. The molecule has 0 saturated heterocycles. The van der Waals surface area contributed by atoms with Crippen molar-refractivity contribution in [2.45, 2.75) is 32.2 Å². The van der Waals surface area contributed by atoms with E-state index in [9.17, 15) is 9.18 Å². The second-order valence-corrected chi connectivity index (χ2v) is 4.79. The summed E-state index contributed by atoms with van der Waals surface area (Å²) in [6.07, 6.45) is 2.18. The molecule has 1 N–H and O–H groups in total. The van der Waals surface area contributed by atoms with Gasteiger partial charge in [0.15, 0.2) is 0 Å². The molecule has 1 aromatic rings. The van der Waals surface area contributed by atoms with Crippen molar-refractivity contribution in [2.24, 2.45) is 5.41 Å². The van der Waals surface area contributed by atoms with Crippen LogP contribution >= 0.6 is 0 Å². The Labute approximate surface area is 106 Å². The number of rotatable bonds is 3. The molecule has 0 bridgehead atoms. The van der Waals surface area contributed by atoms with E-state index in [2.05, 4.69) is 11.4 Å². The molecule has 94 valence electrons. The minimum atomic E-state index is -0.839. The summed E-state index contributed by atoms with van der Waals surface area (Å²) < 4.78 is 12.8. The largest absolute Gasteiger partial charge is 0.348 e. The second-order valence-electron chi connectivity index (χ2n) is 4.79. The average molecular weight is 246 g/mol. The van der Waals surface area contributed by atoms with Crippen molar-refractivity contribution >= 4 is 5.91 Å². The van der Waals surface area contributed by atoms with Gasteiger partial charge in [-0.05, 0) is 43.9 Å². The van der Waals surface area contributed by atoms with Crippen LogP contribution in [0.3, 0.4) is 0 Å². The van der Waals surface area contributed by atoms with Gasteiger partial charge >= 0.3 is 0 Å². The number of amides is 1. The van der Waals surface area contributed by atoms with E-state index in [1.165, 1.54) is 12.1 Å². The van der Waals surface area contributed by atoms with E-state index in [0.717, 1.165) is 12.0 Å². The number of benzene rings is 1. The molecule has 1 amide bonds. The SMILES string of the molecule is CC(NC(=O)C1(C#N)CCC1)c1ccc(F)cc1. The lowest BCUT2D eigenvalue weighted by atomic mass is 9.69. The van der Waals surface area contributed by atoms with Gasteiger partial charge in [0.2, 0.25) is 5.91 Å². The lowest BCUT2D eigenvalue weighted by Gasteiger charge is -2.34. The van der Waals surface area contributed by atoms with Crippen molar-refractivity contribution in [1.29, 1.82) is 5.26 Å². The van der Waals surface area contributed by atoms with Crippen molar-refractivity contribution in [3.05, 3.63) is 35.6 Å². The third kappa shape index (κ3) is 2.21. The molecule has 1 aliphatic rings. The zero-order valence-corrected chi connectivity index (χ0v) is 10.2. The van der Waals surface area contributed by atoms with Crippen LogP contribution < -0.4 is 5.32 Å². The molecule has 18 heavy (non-hydrogen) atoms. The number of hydrogen-bond donors (Lipinski definition) is 1. The van der Waals surface area contributed by atoms with E-state index in [1.807, 2.05) is 6.92 Å². The van der Waals surface area contributed by atoms with Gasteiger partial charge in [-0.25, -0.2) is 4.39 Å². The topological polar surface area (TPSA) is 52.9 Å². The number of nitriles is 1. The summed E-state index contributed by atoms with van der Waals surface area (Å²) in [6, 6.07) is 7.89. The van der Waals surface area contributed by atoms with E-state index in [-0.39, 0.29) is 17.8 Å². The Bertz CT molecular complexity index is 486. The minimum absolute atomic E-state index is 0.215. The van der Waals surface area contributed by atoms with Crippen molar-refractivity contribution in [2.75, 3.05) is 0 Å². The summed E-state index contributed by atoms with van der Waals surface area (Å²) in [5, 5.41) is 11.9. The molecule has 2 rings (SSSR count).